The Morgan fingerprint density at radius 3 is 3.07 bits per heavy atom. The lowest BCUT2D eigenvalue weighted by molar-refractivity contribution is -0.126. The number of amides is 1. The molecule has 1 amide bonds. The SMILES string of the molecule is COCCOCC(=O)NCC1CCSC1. The van der Waals surface area contributed by atoms with Crippen molar-refractivity contribution in [2.75, 3.05) is 45.0 Å². The Morgan fingerprint density at radius 2 is 2.40 bits per heavy atom. The quantitative estimate of drug-likeness (QED) is 0.651. The Hall–Kier alpha value is -0.260. The molecular weight excluding hydrogens is 214 g/mol. The lowest BCUT2D eigenvalue weighted by Gasteiger charge is -2.10. The van der Waals surface area contributed by atoms with E-state index >= 15 is 0 Å². The van der Waals surface area contributed by atoms with E-state index in [0.717, 1.165) is 6.54 Å². The van der Waals surface area contributed by atoms with Gasteiger partial charge in [-0.15, -0.1) is 0 Å². The van der Waals surface area contributed by atoms with E-state index in [1.165, 1.54) is 17.9 Å². The van der Waals surface area contributed by atoms with E-state index in [-0.39, 0.29) is 12.5 Å². The molecule has 5 heteroatoms. The zero-order chi connectivity index (χ0) is 10.9. The van der Waals surface area contributed by atoms with Gasteiger partial charge in [0.2, 0.25) is 5.91 Å². The third-order valence-electron chi connectivity index (χ3n) is 2.28. The average molecular weight is 233 g/mol. The molecule has 1 aliphatic heterocycles. The highest BCUT2D eigenvalue weighted by molar-refractivity contribution is 7.99. The van der Waals surface area contributed by atoms with Gasteiger partial charge >= 0.3 is 0 Å². The fourth-order valence-electron chi connectivity index (χ4n) is 1.36. The number of hydrogen-bond donors (Lipinski definition) is 1. The number of hydrogen-bond acceptors (Lipinski definition) is 4. The van der Waals surface area contributed by atoms with Crippen molar-refractivity contribution in [3.63, 3.8) is 0 Å². The van der Waals surface area contributed by atoms with E-state index in [4.69, 9.17) is 9.47 Å². The van der Waals surface area contributed by atoms with Gasteiger partial charge in [-0.3, -0.25) is 4.79 Å². The summed E-state index contributed by atoms with van der Waals surface area (Å²) in [5.41, 5.74) is 0. The molecule has 0 aromatic carbocycles. The maximum absolute atomic E-state index is 11.3. The Kier molecular flexibility index (Phi) is 6.80. The van der Waals surface area contributed by atoms with Gasteiger partial charge in [0.1, 0.15) is 6.61 Å². The topological polar surface area (TPSA) is 47.6 Å². The summed E-state index contributed by atoms with van der Waals surface area (Å²) < 4.78 is 9.91. The smallest absolute Gasteiger partial charge is 0.246 e. The van der Waals surface area contributed by atoms with E-state index in [2.05, 4.69) is 5.32 Å². The third kappa shape index (κ3) is 6.02. The second kappa shape index (κ2) is 7.96. The summed E-state index contributed by atoms with van der Waals surface area (Å²) in [6.07, 6.45) is 1.22. The van der Waals surface area contributed by atoms with E-state index < -0.39 is 0 Å². The van der Waals surface area contributed by atoms with Crippen LogP contribution >= 0.6 is 11.8 Å². The zero-order valence-electron chi connectivity index (χ0n) is 9.16. The van der Waals surface area contributed by atoms with Crippen molar-refractivity contribution in [2.45, 2.75) is 6.42 Å². The molecular formula is C10H19NO3S. The van der Waals surface area contributed by atoms with Crippen molar-refractivity contribution in [3.8, 4) is 0 Å². The molecule has 1 atom stereocenters. The number of thioether (sulfide) groups is 1. The van der Waals surface area contributed by atoms with Crippen LogP contribution in [0.15, 0.2) is 0 Å². The normalized spacial score (nSPS) is 20.5. The van der Waals surface area contributed by atoms with E-state index in [1.54, 1.807) is 7.11 Å². The predicted octanol–water partition coefficient (Wildman–Crippen LogP) is 0.519. The van der Waals surface area contributed by atoms with Crippen molar-refractivity contribution in [1.29, 1.82) is 0 Å². The molecule has 15 heavy (non-hydrogen) atoms. The molecule has 1 unspecified atom stereocenters. The summed E-state index contributed by atoms with van der Waals surface area (Å²) in [7, 11) is 1.61. The van der Waals surface area contributed by atoms with Crippen LogP contribution in [-0.4, -0.2) is 50.9 Å². The molecule has 0 saturated carbocycles. The second-order valence-corrected chi connectivity index (χ2v) is 4.73. The summed E-state index contributed by atoms with van der Waals surface area (Å²) >= 11 is 1.96. The first-order valence-electron chi connectivity index (χ1n) is 5.24. The number of nitrogens with one attached hydrogen (secondary N) is 1. The number of ether oxygens (including phenoxy) is 2. The van der Waals surface area contributed by atoms with Crippen LogP contribution in [-0.2, 0) is 14.3 Å². The van der Waals surface area contributed by atoms with Crippen LogP contribution in [0.4, 0.5) is 0 Å². The molecule has 0 aromatic heterocycles. The summed E-state index contributed by atoms with van der Waals surface area (Å²) in [5.74, 6) is 3.02. The highest BCUT2D eigenvalue weighted by atomic mass is 32.2. The van der Waals surface area contributed by atoms with E-state index in [9.17, 15) is 4.79 Å². The standard InChI is InChI=1S/C10H19NO3S/c1-13-3-4-14-7-10(12)11-6-9-2-5-15-8-9/h9H,2-8H2,1H3,(H,11,12). The average Bonchev–Trinajstić information content (AvgIpc) is 2.74. The Labute approximate surface area is 95.1 Å². The second-order valence-electron chi connectivity index (χ2n) is 3.58. The van der Waals surface area contributed by atoms with Crippen molar-refractivity contribution in [2.24, 2.45) is 5.92 Å². The predicted molar refractivity (Wildman–Crippen MR) is 61.1 cm³/mol. The third-order valence-corrected chi connectivity index (χ3v) is 3.51. The van der Waals surface area contributed by atoms with Crippen LogP contribution in [0.25, 0.3) is 0 Å². The van der Waals surface area contributed by atoms with Gasteiger partial charge in [0.15, 0.2) is 0 Å². The lowest BCUT2D eigenvalue weighted by atomic mass is 10.1. The van der Waals surface area contributed by atoms with Gasteiger partial charge < -0.3 is 14.8 Å². The largest absolute Gasteiger partial charge is 0.382 e. The molecule has 0 aliphatic carbocycles. The van der Waals surface area contributed by atoms with Crippen LogP contribution in [0.2, 0.25) is 0 Å². The Morgan fingerprint density at radius 1 is 1.53 bits per heavy atom. The highest BCUT2D eigenvalue weighted by Crippen LogP contribution is 2.22. The van der Waals surface area contributed by atoms with Crippen LogP contribution in [0.5, 0.6) is 0 Å². The van der Waals surface area contributed by atoms with Gasteiger partial charge in [-0.1, -0.05) is 0 Å². The number of rotatable bonds is 7. The van der Waals surface area contributed by atoms with Gasteiger partial charge in [-0.05, 0) is 23.8 Å². The fraction of sp³-hybridized carbons (Fsp3) is 0.900. The van der Waals surface area contributed by atoms with Crippen molar-refractivity contribution in [1.82, 2.24) is 5.32 Å². The maximum atomic E-state index is 11.3. The first-order chi connectivity index (χ1) is 7.33. The van der Waals surface area contributed by atoms with Crippen LogP contribution < -0.4 is 5.32 Å². The first kappa shape index (κ1) is 12.8. The Balaban J connectivity index is 1.93. The van der Waals surface area contributed by atoms with Crippen LogP contribution in [0, 0.1) is 5.92 Å². The molecule has 1 heterocycles. The Bertz CT molecular complexity index is 184. The van der Waals surface area contributed by atoms with Gasteiger partial charge in [0.05, 0.1) is 13.2 Å². The zero-order valence-corrected chi connectivity index (χ0v) is 9.98. The molecule has 1 N–H and O–H groups in total. The molecule has 88 valence electrons. The van der Waals surface area contributed by atoms with Crippen molar-refractivity contribution >= 4 is 17.7 Å². The van der Waals surface area contributed by atoms with Crippen molar-refractivity contribution < 1.29 is 14.3 Å². The summed E-state index contributed by atoms with van der Waals surface area (Å²) in [6, 6.07) is 0. The van der Waals surface area contributed by atoms with Crippen LogP contribution in [0.1, 0.15) is 6.42 Å². The molecule has 1 fully saturated rings. The molecule has 1 saturated heterocycles. The van der Waals surface area contributed by atoms with Crippen LogP contribution in [0.3, 0.4) is 0 Å². The minimum absolute atomic E-state index is 0.0250. The van der Waals surface area contributed by atoms with E-state index in [1.807, 2.05) is 11.8 Å². The molecule has 0 aromatic rings. The molecule has 0 bridgehead atoms. The van der Waals surface area contributed by atoms with Gasteiger partial charge in [0, 0.05) is 13.7 Å². The van der Waals surface area contributed by atoms with Gasteiger partial charge in [-0.25, -0.2) is 0 Å². The maximum Gasteiger partial charge on any atom is 0.246 e. The molecule has 0 radical (unpaired) electrons. The summed E-state index contributed by atoms with van der Waals surface area (Å²) in [4.78, 5) is 11.3. The fourth-order valence-corrected chi connectivity index (χ4v) is 2.65. The summed E-state index contributed by atoms with van der Waals surface area (Å²) in [5, 5.41) is 2.88. The first-order valence-corrected chi connectivity index (χ1v) is 6.39. The lowest BCUT2D eigenvalue weighted by Crippen LogP contribution is -2.32. The molecule has 1 rings (SSSR count). The monoisotopic (exact) mass is 233 g/mol. The van der Waals surface area contributed by atoms with Gasteiger partial charge in [0.25, 0.3) is 0 Å². The minimum Gasteiger partial charge on any atom is -0.382 e. The number of methoxy groups -OCH3 is 1. The molecule has 4 nitrogen and oxygen atoms in total. The van der Waals surface area contributed by atoms with Gasteiger partial charge in [-0.2, -0.15) is 11.8 Å². The van der Waals surface area contributed by atoms with E-state index in [0.29, 0.717) is 19.1 Å². The minimum atomic E-state index is -0.0250. The number of carbonyl (C=O) groups excluding carboxylic acids is 1. The number of carbonyl (C=O) groups is 1. The molecule has 0 spiro atoms. The summed E-state index contributed by atoms with van der Waals surface area (Å²) in [6.45, 7) is 1.94. The van der Waals surface area contributed by atoms with Crippen molar-refractivity contribution in [3.05, 3.63) is 0 Å². The molecule has 1 aliphatic rings. The highest BCUT2D eigenvalue weighted by Gasteiger charge is 2.15.